The average molecular weight is 438 g/mol. The number of hydrogen-bond donors (Lipinski definition) is 0. The normalized spacial score (nSPS) is 11.6. The molecule has 1 aromatic heterocycles. The Labute approximate surface area is 171 Å². The van der Waals surface area contributed by atoms with Crippen LogP contribution in [0.25, 0.3) is 10.1 Å². The van der Waals surface area contributed by atoms with E-state index in [0.717, 1.165) is 16.9 Å². The highest BCUT2D eigenvalue weighted by Gasteiger charge is 2.28. The van der Waals surface area contributed by atoms with Gasteiger partial charge in [-0.05, 0) is 11.6 Å². The predicted molar refractivity (Wildman–Crippen MR) is 110 cm³/mol. The van der Waals surface area contributed by atoms with Gasteiger partial charge in [-0.3, -0.25) is 9.36 Å². The van der Waals surface area contributed by atoms with E-state index < -0.39 is 25.4 Å². The summed E-state index contributed by atoms with van der Waals surface area (Å²) >= 11 is 1.08. The average Bonchev–Trinajstić information content (AvgIpc) is 3.18. The van der Waals surface area contributed by atoms with E-state index in [4.69, 9.17) is 18.5 Å². The molecule has 0 saturated heterocycles. The van der Waals surface area contributed by atoms with Crippen molar-refractivity contribution in [3.05, 3.63) is 58.7 Å². The molecule has 154 valence electrons. The largest absolute Gasteiger partial charge is 0.493 e. The fourth-order valence-corrected chi connectivity index (χ4v) is 4.77. The van der Waals surface area contributed by atoms with Crippen LogP contribution in [-0.2, 0) is 20.2 Å². The molecule has 0 aliphatic heterocycles. The summed E-state index contributed by atoms with van der Waals surface area (Å²) in [6.45, 7) is 0.167. The maximum Gasteiger partial charge on any atom is 0.337 e. The van der Waals surface area contributed by atoms with Gasteiger partial charge in [0, 0.05) is 30.4 Å². The van der Waals surface area contributed by atoms with Crippen molar-refractivity contribution in [3.63, 3.8) is 0 Å². The fourth-order valence-electron chi connectivity index (χ4n) is 2.71. The van der Waals surface area contributed by atoms with Crippen LogP contribution in [0.4, 0.5) is 4.39 Å². The lowest BCUT2D eigenvalue weighted by Crippen LogP contribution is -2.06. The Morgan fingerprint density at radius 3 is 2.41 bits per heavy atom. The number of rotatable bonds is 9. The van der Waals surface area contributed by atoms with Crippen molar-refractivity contribution in [2.24, 2.45) is 0 Å². The highest BCUT2D eigenvalue weighted by atomic mass is 32.1. The van der Waals surface area contributed by atoms with Gasteiger partial charge in [0.05, 0.1) is 12.0 Å². The Hall–Kier alpha value is -2.25. The SMILES string of the molecule is COc1cc2sc(C(=O)CP(=O)(OC)OC)cc2c(F)c1OCc1ccccc1. The summed E-state index contributed by atoms with van der Waals surface area (Å²) in [5.41, 5.74) is 0.880. The van der Waals surface area contributed by atoms with E-state index in [1.165, 1.54) is 27.4 Å². The Kier molecular flexibility index (Phi) is 6.70. The Morgan fingerprint density at radius 2 is 1.79 bits per heavy atom. The number of halogens is 1. The molecule has 1 heterocycles. The molecule has 0 aliphatic carbocycles. The number of hydrogen-bond acceptors (Lipinski definition) is 7. The van der Waals surface area contributed by atoms with Gasteiger partial charge in [0.1, 0.15) is 12.8 Å². The molecule has 0 N–H and O–H groups in total. The molecule has 0 fully saturated rings. The number of thiophene rings is 1. The van der Waals surface area contributed by atoms with Gasteiger partial charge in [-0.1, -0.05) is 30.3 Å². The highest BCUT2D eigenvalue weighted by Crippen LogP contribution is 2.47. The molecule has 2 aromatic carbocycles. The molecule has 3 rings (SSSR count). The second-order valence-corrected chi connectivity index (χ2v) is 9.43. The van der Waals surface area contributed by atoms with Crippen molar-refractivity contribution in [2.45, 2.75) is 6.61 Å². The first kappa shape index (κ1) is 21.5. The molecule has 0 amide bonds. The summed E-state index contributed by atoms with van der Waals surface area (Å²) in [6, 6.07) is 12.4. The zero-order valence-electron chi connectivity index (χ0n) is 16.1. The van der Waals surface area contributed by atoms with Gasteiger partial charge in [-0.25, -0.2) is 4.39 Å². The van der Waals surface area contributed by atoms with E-state index in [-0.39, 0.29) is 28.4 Å². The third-order valence-electron chi connectivity index (χ3n) is 4.30. The molecule has 29 heavy (non-hydrogen) atoms. The quantitative estimate of drug-likeness (QED) is 0.334. The molecule has 6 nitrogen and oxygen atoms in total. The van der Waals surface area contributed by atoms with Crippen LogP contribution in [-0.4, -0.2) is 33.3 Å². The minimum Gasteiger partial charge on any atom is -0.493 e. The van der Waals surface area contributed by atoms with Crippen LogP contribution in [0.5, 0.6) is 11.5 Å². The lowest BCUT2D eigenvalue weighted by Gasteiger charge is -2.12. The van der Waals surface area contributed by atoms with Crippen LogP contribution in [0.2, 0.25) is 0 Å². The summed E-state index contributed by atoms with van der Waals surface area (Å²) < 4.78 is 48.5. The number of carbonyl (C=O) groups excluding carboxylic acids is 1. The molecule has 0 aliphatic rings. The van der Waals surface area contributed by atoms with Crippen molar-refractivity contribution >= 4 is 34.8 Å². The van der Waals surface area contributed by atoms with Crippen LogP contribution in [0.15, 0.2) is 42.5 Å². The molecule has 0 saturated carbocycles. The Bertz CT molecular complexity index is 1060. The van der Waals surface area contributed by atoms with Crippen LogP contribution < -0.4 is 9.47 Å². The van der Waals surface area contributed by atoms with Gasteiger partial charge in [0.15, 0.2) is 23.1 Å². The number of methoxy groups -OCH3 is 1. The standard InChI is InChI=1S/C20H20FO6PS/c1-24-16-10-17-14(9-18(29-17)15(22)12-28(23,25-2)26-3)19(21)20(16)27-11-13-7-5-4-6-8-13/h4-10H,11-12H2,1-3H3. The van der Waals surface area contributed by atoms with Crippen molar-refractivity contribution < 1.29 is 32.3 Å². The van der Waals surface area contributed by atoms with Gasteiger partial charge >= 0.3 is 7.60 Å². The maximum absolute atomic E-state index is 15.2. The summed E-state index contributed by atoms with van der Waals surface area (Å²) in [4.78, 5) is 12.7. The van der Waals surface area contributed by atoms with Gasteiger partial charge in [-0.2, -0.15) is 0 Å². The van der Waals surface area contributed by atoms with Crippen LogP contribution in [0.1, 0.15) is 15.2 Å². The molecule has 0 atom stereocenters. The molecular weight excluding hydrogens is 418 g/mol. The minimum absolute atomic E-state index is 0.0277. The second-order valence-electron chi connectivity index (χ2n) is 6.08. The summed E-state index contributed by atoms with van der Waals surface area (Å²) in [6.07, 6.45) is -0.428. The Balaban J connectivity index is 1.93. The maximum atomic E-state index is 15.2. The van der Waals surface area contributed by atoms with Gasteiger partial charge in [-0.15, -0.1) is 11.3 Å². The van der Waals surface area contributed by atoms with E-state index in [9.17, 15) is 9.36 Å². The van der Waals surface area contributed by atoms with Crippen LogP contribution in [0, 0.1) is 5.82 Å². The molecule has 0 bridgehead atoms. The topological polar surface area (TPSA) is 71.1 Å². The fraction of sp³-hybridized carbons (Fsp3) is 0.250. The van der Waals surface area contributed by atoms with Crippen molar-refractivity contribution in [3.8, 4) is 11.5 Å². The van der Waals surface area contributed by atoms with Gasteiger partial charge in [0.2, 0.25) is 0 Å². The number of fused-ring (bicyclic) bond motifs is 1. The first-order chi connectivity index (χ1) is 13.9. The van der Waals surface area contributed by atoms with Crippen LogP contribution >= 0.6 is 18.9 Å². The monoisotopic (exact) mass is 438 g/mol. The molecule has 0 unspecified atom stereocenters. The number of ketones is 1. The third-order valence-corrected chi connectivity index (χ3v) is 7.21. The van der Waals surface area contributed by atoms with Crippen molar-refractivity contribution in [2.75, 3.05) is 27.5 Å². The molecule has 3 aromatic rings. The summed E-state index contributed by atoms with van der Waals surface area (Å²) in [5, 5.41) is 0.229. The predicted octanol–water partition coefficient (Wildman–Crippen LogP) is 5.30. The molecular formula is C20H20FO6PS. The highest BCUT2D eigenvalue weighted by molar-refractivity contribution is 7.55. The zero-order valence-corrected chi connectivity index (χ0v) is 17.8. The third kappa shape index (κ3) is 4.67. The van der Waals surface area contributed by atoms with E-state index >= 15 is 4.39 Å². The molecule has 0 radical (unpaired) electrons. The molecule has 0 spiro atoms. The number of carbonyl (C=O) groups is 1. The van der Waals surface area contributed by atoms with Crippen molar-refractivity contribution in [1.82, 2.24) is 0 Å². The van der Waals surface area contributed by atoms with E-state index in [1.807, 2.05) is 30.3 Å². The van der Waals surface area contributed by atoms with E-state index in [2.05, 4.69) is 0 Å². The smallest absolute Gasteiger partial charge is 0.337 e. The second kappa shape index (κ2) is 9.05. The van der Waals surface area contributed by atoms with Gasteiger partial charge < -0.3 is 18.5 Å². The van der Waals surface area contributed by atoms with Crippen molar-refractivity contribution in [1.29, 1.82) is 0 Å². The lowest BCUT2D eigenvalue weighted by atomic mass is 10.2. The first-order valence-corrected chi connectivity index (χ1v) is 11.2. The first-order valence-electron chi connectivity index (χ1n) is 8.61. The lowest BCUT2D eigenvalue weighted by molar-refractivity contribution is 0.101. The summed E-state index contributed by atoms with van der Waals surface area (Å²) in [5.74, 6) is -0.873. The Morgan fingerprint density at radius 1 is 1.10 bits per heavy atom. The summed E-state index contributed by atoms with van der Waals surface area (Å²) in [7, 11) is 0.330. The minimum atomic E-state index is -3.51. The van der Waals surface area contributed by atoms with Gasteiger partial charge in [0.25, 0.3) is 0 Å². The van der Waals surface area contributed by atoms with Crippen LogP contribution in [0.3, 0.4) is 0 Å². The number of benzene rings is 2. The van der Waals surface area contributed by atoms with E-state index in [1.54, 1.807) is 6.07 Å². The number of Topliss-reactive ketones (excluding diaryl/α,β-unsaturated/α-hetero) is 1. The zero-order chi connectivity index (χ0) is 21.0. The number of ether oxygens (including phenoxy) is 2. The molecule has 9 heteroatoms. The van der Waals surface area contributed by atoms with E-state index in [0.29, 0.717) is 4.70 Å².